The van der Waals surface area contributed by atoms with Crippen molar-refractivity contribution in [3.05, 3.63) is 42.5 Å². The summed E-state index contributed by atoms with van der Waals surface area (Å²) < 4.78 is 28.0. The van der Waals surface area contributed by atoms with Gasteiger partial charge >= 0.3 is 0 Å². The average molecular weight is 290 g/mol. The van der Waals surface area contributed by atoms with Crippen LogP contribution in [0.5, 0.6) is 0 Å². The first-order chi connectivity index (χ1) is 9.67. The fourth-order valence-corrected chi connectivity index (χ4v) is 4.19. The topological polar surface area (TPSA) is 58.2 Å². The first-order valence-electron chi connectivity index (χ1n) is 6.88. The molecule has 106 valence electrons. The van der Waals surface area contributed by atoms with Crippen LogP contribution < -0.4 is 10.0 Å². The van der Waals surface area contributed by atoms with E-state index in [9.17, 15) is 8.42 Å². The van der Waals surface area contributed by atoms with Crippen molar-refractivity contribution >= 4 is 20.8 Å². The molecule has 2 aromatic rings. The van der Waals surface area contributed by atoms with Gasteiger partial charge in [-0.05, 0) is 37.4 Å². The van der Waals surface area contributed by atoms with Crippen molar-refractivity contribution < 1.29 is 8.42 Å². The van der Waals surface area contributed by atoms with Crippen LogP contribution in [0.25, 0.3) is 10.8 Å². The molecule has 2 aromatic carbocycles. The second kappa shape index (κ2) is 5.52. The molecule has 1 heterocycles. The molecule has 0 aliphatic carbocycles. The normalized spacial score (nSPS) is 17.4. The molecular weight excluding hydrogens is 272 g/mol. The Morgan fingerprint density at radius 2 is 1.70 bits per heavy atom. The number of hydrogen-bond donors (Lipinski definition) is 2. The van der Waals surface area contributed by atoms with E-state index in [0.717, 1.165) is 36.7 Å². The van der Waals surface area contributed by atoms with Crippen LogP contribution in [-0.4, -0.2) is 27.5 Å². The van der Waals surface area contributed by atoms with E-state index >= 15 is 0 Å². The molecule has 5 heteroatoms. The Bertz CT molecular complexity index is 701. The molecule has 0 bridgehead atoms. The highest BCUT2D eigenvalue weighted by Gasteiger charge is 2.22. The Morgan fingerprint density at radius 1 is 1.00 bits per heavy atom. The number of hydrogen-bond acceptors (Lipinski definition) is 3. The molecule has 0 spiro atoms. The van der Waals surface area contributed by atoms with Gasteiger partial charge in [-0.15, -0.1) is 0 Å². The second-order valence-corrected chi connectivity index (χ2v) is 6.81. The highest BCUT2D eigenvalue weighted by atomic mass is 32.2. The third kappa shape index (κ3) is 2.70. The van der Waals surface area contributed by atoms with Gasteiger partial charge in [0.25, 0.3) is 0 Å². The monoisotopic (exact) mass is 290 g/mol. The van der Waals surface area contributed by atoms with Crippen molar-refractivity contribution in [3.8, 4) is 0 Å². The number of sulfonamides is 1. The molecule has 20 heavy (non-hydrogen) atoms. The summed E-state index contributed by atoms with van der Waals surface area (Å²) in [4.78, 5) is 0.370. The molecule has 4 nitrogen and oxygen atoms in total. The summed E-state index contributed by atoms with van der Waals surface area (Å²) in [6.07, 6.45) is 1.67. The smallest absolute Gasteiger partial charge is 0.241 e. The van der Waals surface area contributed by atoms with Crippen LogP contribution in [0.15, 0.2) is 47.4 Å². The van der Waals surface area contributed by atoms with E-state index in [1.54, 1.807) is 12.1 Å². The summed E-state index contributed by atoms with van der Waals surface area (Å²) in [5.74, 6) is 0. The van der Waals surface area contributed by atoms with Gasteiger partial charge in [0.1, 0.15) is 0 Å². The van der Waals surface area contributed by atoms with Gasteiger partial charge in [-0.1, -0.05) is 36.4 Å². The summed E-state index contributed by atoms with van der Waals surface area (Å²) >= 11 is 0. The largest absolute Gasteiger partial charge is 0.317 e. The van der Waals surface area contributed by atoms with E-state index in [2.05, 4.69) is 10.0 Å². The van der Waals surface area contributed by atoms with Crippen molar-refractivity contribution in [2.45, 2.75) is 23.8 Å². The van der Waals surface area contributed by atoms with E-state index in [0.29, 0.717) is 4.90 Å². The fourth-order valence-electron chi connectivity index (χ4n) is 2.65. The van der Waals surface area contributed by atoms with E-state index in [-0.39, 0.29) is 6.04 Å². The van der Waals surface area contributed by atoms with Crippen LogP contribution in [0.4, 0.5) is 0 Å². The van der Waals surface area contributed by atoms with Gasteiger partial charge in [0.05, 0.1) is 4.90 Å². The summed E-state index contributed by atoms with van der Waals surface area (Å²) in [6.45, 7) is 1.73. The fraction of sp³-hybridized carbons (Fsp3) is 0.333. The van der Waals surface area contributed by atoms with E-state index in [1.165, 1.54) is 0 Å². The Kier molecular flexibility index (Phi) is 3.74. The van der Waals surface area contributed by atoms with Crippen molar-refractivity contribution in [2.24, 2.45) is 0 Å². The van der Waals surface area contributed by atoms with E-state index in [4.69, 9.17) is 0 Å². The Morgan fingerprint density at radius 3 is 2.50 bits per heavy atom. The van der Waals surface area contributed by atoms with Crippen molar-refractivity contribution in [3.63, 3.8) is 0 Å². The van der Waals surface area contributed by atoms with Crippen molar-refractivity contribution in [1.29, 1.82) is 0 Å². The highest BCUT2D eigenvalue weighted by Crippen LogP contribution is 2.23. The Labute approximate surface area is 119 Å². The third-order valence-corrected chi connectivity index (χ3v) is 5.28. The molecule has 1 aliphatic rings. The van der Waals surface area contributed by atoms with Gasteiger partial charge in [0.15, 0.2) is 0 Å². The van der Waals surface area contributed by atoms with Crippen LogP contribution in [0.1, 0.15) is 12.8 Å². The van der Waals surface area contributed by atoms with Crippen LogP contribution in [-0.2, 0) is 10.0 Å². The molecular formula is C15H18N2O2S. The van der Waals surface area contributed by atoms with Gasteiger partial charge in [0.2, 0.25) is 10.0 Å². The quantitative estimate of drug-likeness (QED) is 0.907. The molecule has 1 aliphatic heterocycles. The van der Waals surface area contributed by atoms with E-state index in [1.807, 2.05) is 30.3 Å². The maximum absolute atomic E-state index is 12.6. The first kappa shape index (κ1) is 13.5. The van der Waals surface area contributed by atoms with Gasteiger partial charge < -0.3 is 5.32 Å². The van der Waals surface area contributed by atoms with Gasteiger partial charge in [-0.2, -0.15) is 0 Å². The SMILES string of the molecule is O=S(=O)(NC1CCNCC1)c1cccc2ccccc12. The van der Waals surface area contributed by atoms with Gasteiger partial charge in [-0.3, -0.25) is 0 Å². The predicted molar refractivity (Wildman–Crippen MR) is 80.2 cm³/mol. The van der Waals surface area contributed by atoms with Gasteiger partial charge in [0, 0.05) is 11.4 Å². The minimum absolute atomic E-state index is 0.0280. The van der Waals surface area contributed by atoms with Crippen LogP contribution in [0.3, 0.4) is 0 Å². The molecule has 0 radical (unpaired) electrons. The van der Waals surface area contributed by atoms with Crippen LogP contribution in [0, 0.1) is 0 Å². The molecule has 3 rings (SSSR count). The average Bonchev–Trinajstić information content (AvgIpc) is 2.47. The zero-order valence-electron chi connectivity index (χ0n) is 11.2. The lowest BCUT2D eigenvalue weighted by Crippen LogP contribution is -2.42. The number of benzene rings is 2. The highest BCUT2D eigenvalue weighted by molar-refractivity contribution is 7.89. The maximum Gasteiger partial charge on any atom is 0.241 e. The molecule has 1 saturated heterocycles. The van der Waals surface area contributed by atoms with Crippen LogP contribution >= 0.6 is 0 Å². The maximum atomic E-state index is 12.6. The molecule has 0 unspecified atom stereocenters. The molecule has 1 fully saturated rings. The summed E-state index contributed by atoms with van der Waals surface area (Å²) in [5.41, 5.74) is 0. The van der Waals surface area contributed by atoms with Crippen LogP contribution in [0.2, 0.25) is 0 Å². The van der Waals surface area contributed by atoms with E-state index < -0.39 is 10.0 Å². The summed E-state index contributed by atoms with van der Waals surface area (Å²) in [7, 11) is -3.46. The zero-order chi connectivity index (χ0) is 14.0. The number of rotatable bonds is 3. The number of nitrogens with one attached hydrogen (secondary N) is 2. The number of fused-ring (bicyclic) bond motifs is 1. The lowest BCUT2D eigenvalue weighted by atomic mass is 10.1. The van der Waals surface area contributed by atoms with Gasteiger partial charge in [-0.25, -0.2) is 13.1 Å². The first-order valence-corrected chi connectivity index (χ1v) is 8.36. The minimum Gasteiger partial charge on any atom is -0.317 e. The Balaban J connectivity index is 1.96. The zero-order valence-corrected chi connectivity index (χ0v) is 12.0. The summed E-state index contributed by atoms with van der Waals surface area (Å²) in [6, 6.07) is 13.0. The third-order valence-electron chi connectivity index (χ3n) is 3.70. The Hall–Kier alpha value is -1.43. The molecule has 0 aromatic heterocycles. The second-order valence-electron chi connectivity index (χ2n) is 5.12. The standard InChI is InChI=1S/C15H18N2O2S/c18-20(19,17-13-8-10-16-11-9-13)15-7-3-5-12-4-1-2-6-14(12)15/h1-7,13,16-17H,8-11H2. The lowest BCUT2D eigenvalue weighted by molar-refractivity contribution is 0.427. The molecule has 2 N–H and O–H groups in total. The summed E-state index contributed by atoms with van der Waals surface area (Å²) in [5, 5.41) is 4.95. The lowest BCUT2D eigenvalue weighted by Gasteiger charge is -2.23. The van der Waals surface area contributed by atoms with Crippen molar-refractivity contribution in [1.82, 2.24) is 10.0 Å². The minimum atomic E-state index is -3.46. The number of piperidine rings is 1. The molecule has 0 amide bonds. The predicted octanol–water partition coefficient (Wildman–Crippen LogP) is 1.87. The molecule has 0 saturated carbocycles. The van der Waals surface area contributed by atoms with Crippen molar-refractivity contribution in [2.75, 3.05) is 13.1 Å². The molecule has 0 atom stereocenters.